The normalized spacial score (nSPS) is 14.7. The summed E-state index contributed by atoms with van der Waals surface area (Å²) in [4.78, 5) is 2.23. The third-order valence-corrected chi connectivity index (χ3v) is 5.73. The highest BCUT2D eigenvalue weighted by atomic mass is 19.1. The first-order chi connectivity index (χ1) is 16.3. The summed E-state index contributed by atoms with van der Waals surface area (Å²) in [5.41, 5.74) is 2.27. The van der Waals surface area contributed by atoms with Crippen LogP contribution >= 0.6 is 0 Å². The van der Waals surface area contributed by atoms with Crippen LogP contribution in [0.4, 0.5) is 8.78 Å². The molecule has 1 fully saturated rings. The largest absolute Gasteiger partial charge is 0.439 e. The topological polar surface area (TPSA) is 59.8 Å². The Labute approximate surface area is 198 Å². The summed E-state index contributed by atoms with van der Waals surface area (Å²) in [7, 11) is 0. The van der Waals surface area contributed by atoms with E-state index in [4.69, 9.17) is 9.47 Å². The molecule has 1 aliphatic carbocycles. The van der Waals surface area contributed by atoms with Crippen molar-refractivity contribution >= 4 is 0 Å². The van der Waals surface area contributed by atoms with Crippen molar-refractivity contribution < 1.29 is 23.4 Å². The molecule has 8 heteroatoms. The van der Waals surface area contributed by atoms with Crippen molar-refractivity contribution in [2.75, 3.05) is 13.2 Å². The first kappa shape index (κ1) is 24.3. The number of halogens is 2. The third kappa shape index (κ3) is 6.20. The maximum atomic E-state index is 13.5. The number of rotatable bonds is 11. The fourth-order valence-corrected chi connectivity index (χ4v) is 3.81. The zero-order valence-corrected chi connectivity index (χ0v) is 19.7. The lowest BCUT2D eigenvalue weighted by Crippen LogP contribution is -2.36. The fraction of sp³-hybridized carbons (Fsp3) is 0.423. The lowest BCUT2D eigenvalue weighted by Gasteiger charge is -2.25. The number of aryl methyl sites for hydroxylation is 1. The van der Waals surface area contributed by atoms with Gasteiger partial charge in [-0.15, -0.1) is 0 Å². The van der Waals surface area contributed by atoms with Crippen LogP contribution in [-0.4, -0.2) is 51.2 Å². The number of hydrogen-bond donors (Lipinski definition) is 1. The molecule has 1 heterocycles. The quantitative estimate of drug-likeness (QED) is 0.426. The summed E-state index contributed by atoms with van der Waals surface area (Å²) in [6.07, 6.45) is 1.57. The summed E-state index contributed by atoms with van der Waals surface area (Å²) in [5.74, 6) is 0.253. The van der Waals surface area contributed by atoms with E-state index >= 15 is 0 Å². The van der Waals surface area contributed by atoms with E-state index in [1.165, 1.54) is 24.3 Å². The third-order valence-electron chi connectivity index (χ3n) is 5.73. The Morgan fingerprint density at radius 3 is 2.26 bits per heavy atom. The van der Waals surface area contributed by atoms with Crippen molar-refractivity contribution in [1.29, 1.82) is 0 Å². The Bertz CT molecular complexity index is 1080. The van der Waals surface area contributed by atoms with E-state index in [0.717, 1.165) is 24.1 Å². The molecule has 182 valence electrons. The van der Waals surface area contributed by atoms with Crippen LogP contribution in [0.1, 0.15) is 37.9 Å². The summed E-state index contributed by atoms with van der Waals surface area (Å²) in [5, 5.41) is 15.2. The minimum absolute atomic E-state index is 0.0518. The van der Waals surface area contributed by atoms with Crippen LogP contribution in [-0.2, 0) is 11.3 Å². The maximum Gasteiger partial charge on any atom is 0.227 e. The standard InChI is InChI=1S/C26H31F2N3O3/c1-17(2)33-16-23(32)14-30(21-10-11-21)15-25-18(3)29-31(22-8-4-19(27)5-9-22)26(25)34-24-12-6-20(28)7-13-24/h4-9,12-13,17,21,23,32H,10-11,14-16H2,1-3H3/t23-/m0/s1. The lowest BCUT2D eigenvalue weighted by atomic mass is 10.2. The molecule has 3 aromatic rings. The molecule has 1 N–H and O–H groups in total. The monoisotopic (exact) mass is 471 g/mol. The fourth-order valence-electron chi connectivity index (χ4n) is 3.81. The van der Waals surface area contributed by atoms with Crippen molar-refractivity contribution in [2.24, 2.45) is 0 Å². The van der Waals surface area contributed by atoms with Gasteiger partial charge in [-0.25, -0.2) is 13.5 Å². The minimum atomic E-state index is -0.614. The number of aliphatic hydroxyl groups is 1. The molecule has 0 radical (unpaired) electrons. The van der Waals surface area contributed by atoms with Gasteiger partial charge in [0.25, 0.3) is 0 Å². The molecule has 1 saturated carbocycles. The summed E-state index contributed by atoms with van der Waals surface area (Å²) < 4.78 is 40.4. The molecule has 1 atom stereocenters. The molecular formula is C26H31F2N3O3. The van der Waals surface area contributed by atoms with Gasteiger partial charge in [-0.1, -0.05) is 0 Å². The number of hydrogen-bond acceptors (Lipinski definition) is 5. The van der Waals surface area contributed by atoms with Crippen molar-refractivity contribution in [2.45, 2.75) is 58.4 Å². The molecule has 0 unspecified atom stereocenters. The van der Waals surface area contributed by atoms with E-state index in [1.807, 2.05) is 20.8 Å². The molecule has 0 amide bonds. The Morgan fingerprint density at radius 2 is 1.68 bits per heavy atom. The SMILES string of the molecule is Cc1nn(-c2ccc(F)cc2)c(Oc2ccc(F)cc2)c1CN(C[C@H](O)COC(C)C)C1CC1. The van der Waals surface area contributed by atoms with Crippen molar-refractivity contribution in [1.82, 2.24) is 14.7 Å². The van der Waals surface area contributed by atoms with E-state index in [9.17, 15) is 13.9 Å². The van der Waals surface area contributed by atoms with Gasteiger partial charge in [0.2, 0.25) is 5.88 Å². The van der Waals surface area contributed by atoms with Gasteiger partial charge in [0, 0.05) is 19.1 Å². The molecule has 2 aromatic carbocycles. The molecule has 0 bridgehead atoms. The molecule has 6 nitrogen and oxygen atoms in total. The first-order valence-corrected chi connectivity index (χ1v) is 11.6. The van der Waals surface area contributed by atoms with Gasteiger partial charge in [-0.3, -0.25) is 4.90 Å². The minimum Gasteiger partial charge on any atom is -0.439 e. The lowest BCUT2D eigenvalue weighted by molar-refractivity contribution is -0.0107. The van der Waals surface area contributed by atoms with E-state index < -0.39 is 6.10 Å². The second-order valence-corrected chi connectivity index (χ2v) is 9.01. The molecule has 0 spiro atoms. The van der Waals surface area contributed by atoms with Crippen LogP contribution in [0.5, 0.6) is 11.6 Å². The van der Waals surface area contributed by atoms with Gasteiger partial charge in [0.1, 0.15) is 17.4 Å². The second-order valence-electron chi connectivity index (χ2n) is 9.01. The van der Waals surface area contributed by atoms with Gasteiger partial charge in [-0.05, 0) is 82.1 Å². The van der Waals surface area contributed by atoms with Crippen molar-refractivity contribution in [3.8, 4) is 17.3 Å². The van der Waals surface area contributed by atoms with Crippen LogP contribution in [0.25, 0.3) is 5.69 Å². The molecule has 4 rings (SSSR count). The Balaban J connectivity index is 1.64. The molecular weight excluding hydrogens is 440 g/mol. The predicted molar refractivity (Wildman–Crippen MR) is 125 cm³/mol. The van der Waals surface area contributed by atoms with E-state index in [2.05, 4.69) is 10.00 Å². The van der Waals surface area contributed by atoms with Crippen LogP contribution in [0, 0.1) is 18.6 Å². The molecule has 34 heavy (non-hydrogen) atoms. The molecule has 1 aromatic heterocycles. The summed E-state index contributed by atoms with van der Waals surface area (Å²) in [6, 6.07) is 12.2. The Kier molecular flexibility index (Phi) is 7.60. The molecule has 0 saturated heterocycles. The Morgan fingerprint density at radius 1 is 1.06 bits per heavy atom. The van der Waals surface area contributed by atoms with E-state index in [0.29, 0.717) is 36.4 Å². The van der Waals surface area contributed by atoms with Gasteiger partial charge >= 0.3 is 0 Å². The summed E-state index contributed by atoms with van der Waals surface area (Å²) in [6.45, 7) is 7.04. The molecule has 1 aliphatic rings. The zero-order chi connectivity index (χ0) is 24.2. The average Bonchev–Trinajstić information content (AvgIpc) is 3.61. The van der Waals surface area contributed by atoms with Crippen LogP contribution in [0.3, 0.4) is 0 Å². The second kappa shape index (κ2) is 10.6. The maximum absolute atomic E-state index is 13.5. The highest BCUT2D eigenvalue weighted by molar-refractivity contribution is 5.43. The van der Waals surface area contributed by atoms with Gasteiger partial charge in [0.05, 0.1) is 35.8 Å². The van der Waals surface area contributed by atoms with Crippen LogP contribution < -0.4 is 4.74 Å². The van der Waals surface area contributed by atoms with Crippen molar-refractivity contribution in [3.05, 3.63) is 71.4 Å². The predicted octanol–water partition coefficient (Wildman–Crippen LogP) is 5.00. The van der Waals surface area contributed by atoms with E-state index in [-0.39, 0.29) is 24.3 Å². The molecule has 0 aliphatic heterocycles. The average molecular weight is 472 g/mol. The van der Waals surface area contributed by atoms with E-state index in [1.54, 1.807) is 28.9 Å². The van der Waals surface area contributed by atoms with Crippen molar-refractivity contribution in [3.63, 3.8) is 0 Å². The van der Waals surface area contributed by atoms with Gasteiger partial charge in [-0.2, -0.15) is 5.10 Å². The zero-order valence-electron chi connectivity index (χ0n) is 19.7. The highest BCUT2D eigenvalue weighted by Crippen LogP contribution is 2.35. The number of aliphatic hydroxyl groups excluding tert-OH is 1. The number of benzene rings is 2. The van der Waals surface area contributed by atoms with Crippen LogP contribution in [0.2, 0.25) is 0 Å². The number of ether oxygens (including phenoxy) is 2. The number of aromatic nitrogens is 2. The smallest absolute Gasteiger partial charge is 0.227 e. The highest BCUT2D eigenvalue weighted by Gasteiger charge is 2.32. The Hall–Kier alpha value is -2.81. The summed E-state index contributed by atoms with van der Waals surface area (Å²) >= 11 is 0. The van der Waals surface area contributed by atoms with Crippen LogP contribution in [0.15, 0.2) is 48.5 Å². The first-order valence-electron chi connectivity index (χ1n) is 11.6. The van der Waals surface area contributed by atoms with Gasteiger partial charge < -0.3 is 14.6 Å². The van der Waals surface area contributed by atoms with Gasteiger partial charge in [0.15, 0.2) is 0 Å². The number of nitrogens with zero attached hydrogens (tertiary/aromatic N) is 3.